The molecule has 1 aromatic heterocycles. The van der Waals surface area contributed by atoms with Gasteiger partial charge in [-0.1, -0.05) is 53.2 Å². The fourth-order valence-corrected chi connectivity index (χ4v) is 2.71. The second kappa shape index (κ2) is 5.97. The summed E-state index contributed by atoms with van der Waals surface area (Å²) in [4.78, 5) is 1.24. The Balaban J connectivity index is 1.69. The second-order valence-electron chi connectivity index (χ2n) is 4.65. The smallest absolute Gasteiger partial charge is 0.167 e. The van der Waals surface area contributed by atoms with E-state index in [1.165, 1.54) is 10.5 Å². The molecule has 20 heavy (non-hydrogen) atoms. The first kappa shape index (κ1) is 13.0. The lowest BCUT2D eigenvalue weighted by Crippen LogP contribution is -1.78. The van der Waals surface area contributed by atoms with E-state index in [9.17, 15) is 0 Å². The minimum absolute atomic E-state index is 0.819. The van der Waals surface area contributed by atoms with E-state index >= 15 is 0 Å². The van der Waals surface area contributed by atoms with Crippen molar-refractivity contribution in [2.45, 2.75) is 17.6 Å². The van der Waals surface area contributed by atoms with Crippen LogP contribution in [0.25, 0.3) is 11.3 Å². The van der Waals surface area contributed by atoms with E-state index in [0.717, 1.165) is 22.8 Å². The first-order valence-corrected chi connectivity index (χ1v) is 7.50. The van der Waals surface area contributed by atoms with Crippen LogP contribution in [0.4, 0.5) is 0 Å². The molecule has 3 heteroatoms. The highest BCUT2D eigenvalue weighted by Gasteiger charge is 2.07. The average molecular weight is 281 g/mol. The standard InChI is InChI=1S/C17H15NOS/c1-13-7-9-14(10-8-13)17-11-15(18-19-17)12-20-16-5-3-2-4-6-16/h2-11H,12H2,1H3. The largest absolute Gasteiger partial charge is 0.356 e. The Kier molecular flexibility index (Phi) is 3.88. The van der Waals surface area contributed by atoms with E-state index in [1.807, 2.05) is 24.3 Å². The molecule has 0 aliphatic heterocycles. The van der Waals surface area contributed by atoms with E-state index in [0.29, 0.717) is 0 Å². The monoisotopic (exact) mass is 281 g/mol. The van der Waals surface area contributed by atoms with Crippen molar-refractivity contribution in [2.24, 2.45) is 0 Å². The number of hydrogen-bond donors (Lipinski definition) is 0. The molecule has 2 aromatic carbocycles. The molecule has 0 saturated carbocycles. The third kappa shape index (κ3) is 3.11. The van der Waals surface area contributed by atoms with Crippen molar-refractivity contribution in [3.8, 4) is 11.3 Å². The minimum atomic E-state index is 0.819. The van der Waals surface area contributed by atoms with Crippen molar-refractivity contribution < 1.29 is 4.52 Å². The minimum Gasteiger partial charge on any atom is -0.356 e. The van der Waals surface area contributed by atoms with Crippen molar-refractivity contribution in [2.75, 3.05) is 0 Å². The van der Waals surface area contributed by atoms with Crippen LogP contribution < -0.4 is 0 Å². The van der Waals surface area contributed by atoms with Gasteiger partial charge in [-0.25, -0.2) is 0 Å². The Bertz CT molecular complexity index is 674. The topological polar surface area (TPSA) is 26.0 Å². The molecule has 0 spiro atoms. The summed E-state index contributed by atoms with van der Waals surface area (Å²) < 4.78 is 5.42. The molecule has 3 rings (SSSR count). The van der Waals surface area contributed by atoms with Gasteiger partial charge in [-0.2, -0.15) is 0 Å². The lowest BCUT2D eigenvalue weighted by atomic mass is 10.1. The Labute approximate surface area is 122 Å². The van der Waals surface area contributed by atoms with Crippen LogP contribution in [0.2, 0.25) is 0 Å². The third-order valence-electron chi connectivity index (χ3n) is 3.02. The highest BCUT2D eigenvalue weighted by atomic mass is 32.2. The van der Waals surface area contributed by atoms with Crippen LogP contribution in [0.15, 0.2) is 70.1 Å². The van der Waals surface area contributed by atoms with Crippen molar-refractivity contribution in [3.63, 3.8) is 0 Å². The lowest BCUT2D eigenvalue weighted by molar-refractivity contribution is 0.426. The van der Waals surface area contributed by atoms with E-state index < -0.39 is 0 Å². The summed E-state index contributed by atoms with van der Waals surface area (Å²) in [7, 11) is 0. The maximum absolute atomic E-state index is 5.42. The first-order chi connectivity index (χ1) is 9.81. The van der Waals surface area contributed by atoms with Crippen LogP contribution in [-0.2, 0) is 5.75 Å². The van der Waals surface area contributed by atoms with Gasteiger partial charge < -0.3 is 4.52 Å². The van der Waals surface area contributed by atoms with E-state index in [-0.39, 0.29) is 0 Å². The van der Waals surface area contributed by atoms with Gasteiger partial charge in [-0.3, -0.25) is 0 Å². The summed E-state index contributed by atoms with van der Waals surface area (Å²) in [5, 5.41) is 4.13. The Morgan fingerprint density at radius 2 is 1.75 bits per heavy atom. The number of aryl methyl sites for hydroxylation is 1. The molecule has 3 aromatic rings. The van der Waals surface area contributed by atoms with Gasteiger partial charge in [0, 0.05) is 22.3 Å². The maximum Gasteiger partial charge on any atom is 0.167 e. The maximum atomic E-state index is 5.42. The molecule has 1 heterocycles. The molecule has 0 bridgehead atoms. The second-order valence-corrected chi connectivity index (χ2v) is 5.70. The SMILES string of the molecule is Cc1ccc(-c2cc(CSc3ccccc3)no2)cc1. The predicted molar refractivity (Wildman–Crippen MR) is 82.7 cm³/mol. The van der Waals surface area contributed by atoms with Gasteiger partial charge in [0.15, 0.2) is 5.76 Å². The third-order valence-corrected chi connectivity index (χ3v) is 4.07. The molecule has 0 aliphatic carbocycles. The predicted octanol–water partition coefficient (Wildman–Crippen LogP) is 4.94. The molecule has 0 aliphatic rings. The van der Waals surface area contributed by atoms with Gasteiger partial charge in [0.05, 0.1) is 5.69 Å². The summed E-state index contributed by atoms with van der Waals surface area (Å²) >= 11 is 1.76. The zero-order chi connectivity index (χ0) is 13.8. The molecule has 100 valence electrons. The van der Waals surface area contributed by atoms with E-state index in [2.05, 4.69) is 48.5 Å². The van der Waals surface area contributed by atoms with Gasteiger partial charge in [0.25, 0.3) is 0 Å². The van der Waals surface area contributed by atoms with Gasteiger partial charge >= 0.3 is 0 Å². The number of thioether (sulfide) groups is 1. The zero-order valence-electron chi connectivity index (χ0n) is 11.2. The van der Waals surface area contributed by atoms with Crippen LogP contribution >= 0.6 is 11.8 Å². The quantitative estimate of drug-likeness (QED) is 0.633. The summed E-state index contributed by atoms with van der Waals surface area (Å²) in [6.07, 6.45) is 0. The normalized spacial score (nSPS) is 10.7. The number of aromatic nitrogens is 1. The summed E-state index contributed by atoms with van der Waals surface area (Å²) in [6, 6.07) is 20.6. The van der Waals surface area contributed by atoms with E-state index in [1.54, 1.807) is 11.8 Å². The van der Waals surface area contributed by atoms with Crippen LogP contribution in [0.3, 0.4) is 0 Å². The summed E-state index contributed by atoms with van der Waals surface area (Å²) in [5.74, 6) is 1.65. The lowest BCUT2D eigenvalue weighted by Gasteiger charge is -1.97. The van der Waals surface area contributed by atoms with Gasteiger partial charge in [0.1, 0.15) is 0 Å². The molecule has 0 saturated heterocycles. The number of rotatable bonds is 4. The van der Waals surface area contributed by atoms with Gasteiger partial charge in [0.2, 0.25) is 0 Å². The van der Waals surface area contributed by atoms with Crippen molar-refractivity contribution in [3.05, 3.63) is 71.9 Å². The van der Waals surface area contributed by atoms with E-state index in [4.69, 9.17) is 4.52 Å². The molecule has 0 atom stereocenters. The van der Waals surface area contributed by atoms with Crippen LogP contribution in [0, 0.1) is 6.92 Å². The van der Waals surface area contributed by atoms with Gasteiger partial charge in [-0.05, 0) is 19.1 Å². The summed E-state index contributed by atoms with van der Waals surface area (Å²) in [6.45, 7) is 2.08. The zero-order valence-corrected chi connectivity index (χ0v) is 12.1. The first-order valence-electron chi connectivity index (χ1n) is 6.52. The molecule has 0 unspecified atom stereocenters. The average Bonchev–Trinajstić information content (AvgIpc) is 2.96. The molecule has 0 amide bonds. The molecule has 2 nitrogen and oxygen atoms in total. The van der Waals surface area contributed by atoms with Crippen LogP contribution in [0.1, 0.15) is 11.3 Å². The van der Waals surface area contributed by atoms with Crippen molar-refractivity contribution in [1.82, 2.24) is 5.16 Å². The fourth-order valence-electron chi connectivity index (χ4n) is 1.91. The van der Waals surface area contributed by atoms with Crippen LogP contribution in [0.5, 0.6) is 0 Å². The fraction of sp³-hybridized carbons (Fsp3) is 0.118. The highest BCUT2D eigenvalue weighted by molar-refractivity contribution is 7.98. The highest BCUT2D eigenvalue weighted by Crippen LogP contribution is 2.25. The van der Waals surface area contributed by atoms with Gasteiger partial charge in [-0.15, -0.1) is 11.8 Å². The Morgan fingerprint density at radius 1 is 1.00 bits per heavy atom. The number of benzene rings is 2. The molecule has 0 fully saturated rings. The number of hydrogen-bond acceptors (Lipinski definition) is 3. The van der Waals surface area contributed by atoms with Crippen molar-refractivity contribution in [1.29, 1.82) is 0 Å². The molecule has 0 N–H and O–H groups in total. The Morgan fingerprint density at radius 3 is 2.50 bits per heavy atom. The molecular formula is C17H15NOS. The number of nitrogens with zero attached hydrogens (tertiary/aromatic N) is 1. The Hall–Kier alpha value is -2.00. The van der Waals surface area contributed by atoms with Crippen molar-refractivity contribution >= 4 is 11.8 Å². The summed E-state index contributed by atoms with van der Waals surface area (Å²) in [5.41, 5.74) is 3.28. The van der Waals surface area contributed by atoms with Crippen LogP contribution in [-0.4, -0.2) is 5.16 Å². The molecule has 0 radical (unpaired) electrons. The molecular weight excluding hydrogens is 266 g/mol.